The van der Waals surface area contributed by atoms with Gasteiger partial charge in [0.2, 0.25) is 0 Å². The van der Waals surface area contributed by atoms with E-state index in [0.29, 0.717) is 31.7 Å². The fourth-order valence-electron chi connectivity index (χ4n) is 3.47. The van der Waals surface area contributed by atoms with E-state index in [9.17, 15) is 19.7 Å². The molecule has 3 aromatic rings. The van der Waals surface area contributed by atoms with E-state index in [1.807, 2.05) is 24.3 Å². The van der Waals surface area contributed by atoms with Crippen LogP contribution in [0.5, 0.6) is 0 Å². The van der Waals surface area contributed by atoms with Crippen molar-refractivity contribution in [3.05, 3.63) is 76.0 Å². The van der Waals surface area contributed by atoms with E-state index in [2.05, 4.69) is 4.98 Å². The maximum absolute atomic E-state index is 12.9. The smallest absolute Gasteiger partial charge is 0.270 e. The molecule has 8 heteroatoms. The molecule has 8 nitrogen and oxygen atoms in total. The number of hydrogen-bond donors (Lipinski definition) is 1. The number of nitrogens with zero attached hydrogens (tertiary/aromatic N) is 3. The highest BCUT2D eigenvalue weighted by Gasteiger charge is 2.27. The molecule has 1 aliphatic heterocycles. The van der Waals surface area contributed by atoms with Crippen LogP contribution < -0.4 is 0 Å². The molecule has 0 bridgehead atoms. The Morgan fingerprint density at radius 2 is 1.61 bits per heavy atom. The second-order valence-electron chi connectivity index (χ2n) is 6.64. The van der Waals surface area contributed by atoms with Gasteiger partial charge < -0.3 is 14.8 Å². The van der Waals surface area contributed by atoms with Gasteiger partial charge in [0.1, 0.15) is 0 Å². The lowest BCUT2D eigenvalue weighted by atomic mass is 10.1. The van der Waals surface area contributed by atoms with Gasteiger partial charge in [-0.25, -0.2) is 0 Å². The Morgan fingerprint density at radius 3 is 2.32 bits per heavy atom. The molecule has 1 fully saturated rings. The van der Waals surface area contributed by atoms with Gasteiger partial charge in [-0.3, -0.25) is 19.7 Å². The Kier molecular flexibility index (Phi) is 4.52. The van der Waals surface area contributed by atoms with Crippen molar-refractivity contribution in [2.75, 3.05) is 26.2 Å². The van der Waals surface area contributed by atoms with E-state index in [1.54, 1.807) is 22.1 Å². The monoisotopic (exact) mass is 378 g/mol. The number of carbonyl (C=O) groups is 2. The standard InChI is InChI=1S/C20H18N4O4/c25-19(14-4-3-5-15(12-14)24(27)28)22-8-10-23(11-9-22)20(26)17-13-21-18-7-2-1-6-16(17)18/h1-7,12-13,21H,8-11H2. The molecule has 0 saturated carbocycles. The van der Waals surface area contributed by atoms with Crippen LogP contribution in [0.25, 0.3) is 10.9 Å². The van der Waals surface area contributed by atoms with Crippen molar-refractivity contribution in [3.8, 4) is 0 Å². The molecular weight excluding hydrogens is 360 g/mol. The summed E-state index contributed by atoms with van der Waals surface area (Å²) in [6.45, 7) is 1.60. The number of nitrogens with one attached hydrogen (secondary N) is 1. The molecule has 4 rings (SSSR count). The number of fused-ring (bicyclic) bond motifs is 1. The number of aromatic amines is 1. The molecule has 1 aromatic heterocycles. The molecule has 1 aliphatic rings. The summed E-state index contributed by atoms with van der Waals surface area (Å²) in [6.07, 6.45) is 1.72. The summed E-state index contributed by atoms with van der Waals surface area (Å²) < 4.78 is 0. The first kappa shape index (κ1) is 17.7. The number of benzene rings is 2. The van der Waals surface area contributed by atoms with E-state index >= 15 is 0 Å². The average molecular weight is 378 g/mol. The zero-order valence-electron chi connectivity index (χ0n) is 15.0. The number of H-pyrrole nitrogens is 1. The Balaban J connectivity index is 1.44. The van der Waals surface area contributed by atoms with Crippen LogP contribution in [0.4, 0.5) is 5.69 Å². The van der Waals surface area contributed by atoms with Crippen LogP contribution in [-0.2, 0) is 0 Å². The van der Waals surface area contributed by atoms with Crippen LogP contribution >= 0.6 is 0 Å². The zero-order chi connectivity index (χ0) is 19.7. The first-order valence-corrected chi connectivity index (χ1v) is 8.94. The molecule has 2 heterocycles. The molecule has 0 radical (unpaired) electrons. The van der Waals surface area contributed by atoms with E-state index in [-0.39, 0.29) is 23.1 Å². The Bertz CT molecular complexity index is 1070. The summed E-state index contributed by atoms with van der Waals surface area (Å²) in [7, 11) is 0. The van der Waals surface area contributed by atoms with Crippen LogP contribution in [0.3, 0.4) is 0 Å². The third kappa shape index (κ3) is 3.20. The van der Waals surface area contributed by atoms with Gasteiger partial charge in [-0.2, -0.15) is 0 Å². The number of piperazine rings is 1. The van der Waals surface area contributed by atoms with Crippen LogP contribution in [0.15, 0.2) is 54.7 Å². The van der Waals surface area contributed by atoms with Crippen molar-refractivity contribution in [3.63, 3.8) is 0 Å². The minimum atomic E-state index is -0.519. The molecule has 0 atom stereocenters. The third-order valence-electron chi connectivity index (χ3n) is 4.98. The molecule has 2 amide bonds. The number of rotatable bonds is 3. The van der Waals surface area contributed by atoms with E-state index in [1.165, 1.54) is 18.2 Å². The highest BCUT2D eigenvalue weighted by Crippen LogP contribution is 2.21. The first-order chi connectivity index (χ1) is 13.5. The number of nitro benzene ring substituents is 1. The number of para-hydroxylation sites is 1. The lowest BCUT2D eigenvalue weighted by Gasteiger charge is -2.34. The van der Waals surface area contributed by atoms with E-state index in [0.717, 1.165) is 10.9 Å². The fraction of sp³-hybridized carbons (Fsp3) is 0.200. The molecular formula is C20H18N4O4. The summed E-state index contributed by atoms with van der Waals surface area (Å²) >= 11 is 0. The van der Waals surface area contributed by atoms with Crippen molar-refractivity contribution in [2.24, 2.45) is 0 Å². The highest BCUT2D eigenvalue weighted by molar-refractivity contribution is 6.06. The molecule has 1 saturated heterocycles. The minimum Gasteiger partial charge on any atom is -0.360 e. The molecule has 28 heavy (non-hydrogen) atoms. The van der Waals surface area contributed by atoms with Crippen molar-refractivity contribution < 1.29 is 14.5 Å². The lowest BCUT2D eigenvalue weighted by molar-refractivity contribution is -0.384. The predicted molar refractivity (Wildman–Crippen MR) is 103 cm³/mol. The Labute approximate surface area is 160 Å². The van der Waals surface area contributed by atoms with Gasteiger partial charge in [0.15, 0.2) is 0 Å². The van der Waals surface area contributed by atoms with Gasteiger partial charge in [-0.15, -0.1) is 0 Å². The van der Waals surface area contributed by atoms with Crippen molar-refractivity contribution in [1.82, 2.24) is 14.8 Å². The van der Waals surface area contributed by atoms with Gasteiger partial charge in [-0.1, -0.05) is 24.3 Å². The van der Waals surface area contributed by atoms with Crippen molar-refractivity contribution in [2.45, 2.75) is 0 Å². The number of aromatic nitrogens is 1. The SMILES string of the molecule is O=C(c1cccc([N+](=O)[O-])c1)N1CCN(C(=O)c2c[nH]c3ccccc23)CC1. The van der Waals surface area contributed by atoms with E-state index in [4.69, 9.17) is 0 Å². The third-order valence-corrected chi connectivity index (χ3v) is 4.98. The highest BCUT2D eigenvalue weighted by atomic mass is 16.6. The lowest BCUT2D eigenvalue weighted by Crippen LogP contribution is -2.50. The summed E-state index contributed by atoms with van der Waals surface area (Å²) in [5.41, 5.74) is 1.70. The molecule has 0 aliphatic carbocycles. The van der Waals surface area contributed by atoms with Crippen molar-refractivity contribution >= 4 is 28.4 Å². The zero-order valence-corrected chi connectivity index (χ0v) is 15.0. The summed E-state index contributed by atoms with van der Waals surface area (Å²) in [6, 6.07) is 13.3. The molecule has 142 valence electrons. The molecule has 0 unspecified atom stereocenters. The molecule has 0 spiro atoms. The molecule has 1 N–H and O–H groups in total. The first-order valence-electron chi connectivity index (χ1n) is 8.94. The Morgan fingerprint density at radius 1 is 0.929 bits per heavy atom. The average Bonchev–Trinajstić information content (AvgIpc) is 3.17. The van der Waals surface area contributed by atoms with Gasteiger partial charge in [0.05, 0.1) is 10.5 Å². The number of carbonyl (C=O) groups excluding carboxylic acids is 2. The second kappa shape index (κ2) is 7.15. The minimum absolute atomic E-state index is 0.0695. The predicted octanol–water partition coefficient (Wildman–Crippen LogP) is 2.67. The maximum Gasteiger partial charge on any atom is 0.270 e. The molecule has 2 aromatic carbocycles. The van der Waals surface area contributed by atoms with Gasteiger partial charge in [0.25, 0.3) is 17.5 Å². The maximum atomic E-state index is 12.9. The largest absolute Gasteiger partial charge is 0.360 e. The summed E-state index contributed by atoms with van der Waals surface area (Å²) in [5, 5.41) is 11.8. The fourth-order valence-corrected chi connectivity index (χ4v) is 3.47. The van der Waals surface area contributed by atoms with Crippen molar-refractivity contribution in [1.29, 1.82) is 0 Å². The number of amides is 2. The normalized spacial score (nSPS) is 14.3. The van der Waals surface area contributed by atoms with Crippen LogP contribution in [-0.4, -0.2) is 57.7 Å². The van der Waals surface area contributed by atoms with E-state index < -0.39 is 4.92 Å². The van der Waals surface area contributed by atoms with Crippen LogP contribution in [0, 0.1) is 10.1 Å². The summed E-state index contributed by atoms with van der Waals surface area (Å²) in [5.74, 6) is -0.331. The van der Waals surface area contributed by atoms with Crippen LogP contribution in [0.1, 0.15) is 20.7 Å². The van der Waals surface area contributed by atoms with Gasteiger partial charge >= 0.3 is 0 Å². The number of nitro groups is 1. The van der Waals surface area contributed by atoms with Gasteiger partial charge in [-0.05, 0) is 12.1 Å². The number of hydrogen-bond acceptors (Lipinski definition) is 4. The number of non-ortho nitro benzene ring substituents is 1. The topological polar surface area (TPSA) is 99.5 Å². The second-order valence-corrected chi connectivity index (χ2v) is 6.64. The van der Waals surface area contributed by atoms with Crippen LogP contribution in [0.2, 0.25) is 0 Å². The summed E-state index contributed by atoms with van der Waals surface area (Å²) in [4.78, 5) is 42.4. The quantitative estimate of drug-likeness (QED) is 0.559. The van der Waals surface area contributed by atoms with Gasteiger partial charge in [0, 0.05) is 61.0 Å². The Hall–Kier alpha value is -3.68.